The number of piperazine rings is 1. The second-order valence-corrected chi connectivity index (χ2v) is 6.57. The summed E-state index contributed by atoms with van der Waals surface area (Å²) >= 11 is 0. The lowest BCUT2D eigenvalue weighted by Crippen LogP contribution is -2.56. The highest BCUT2D eigenvalue weighted by atomic mass is 32.2. The van der Waals surface area contributed by atoms with Gasteiger partial charge in [0.05, 0.1) is 4.90 Å². The molecule has 0 aromatic heterocycles. The summed E-state index contributed by atoms with van der Waals surface area (Å²) in [6, 6.07) is 5.83. The van der Waals surface area contributed by atoms with Crippen LogP contribution < -0.4 is 11.1 Å². The smallest absolute Gasteiger partial charge is 0.243 e. The number of hydrogen-bond acceptors (Lipinski definition) is 4. The molecule has 3 N–H and O–H groups in total. The van der Waals surface area contributed by atoms with Crippen LogP contribution in [-0.2, 0) is 21.4 Å². The molecular weight excluding hydrogens is 278 g/mol. The fourth-order valence-electron chi connectivity index (χ4n) is 2.30. The van der Waals surface area contributed by atoms with E-state index >= 15 is 0 Å². The van der Waals surface area contributed by atoms with Crippen molar-refractivity contribution in [2.45, 2.75) is 30.8 Å². The predicted molar refractivity (Wildman–Crippen MR) is 75.3 cm³/mol. The van der Waals surface area contributed by atoms with Crippen LogP contribution in [0.4, 0.5) is 0 Å². The molecule has 0 radical (unpaired) electrons. The first-order valence-electron chi connectivity index (χ1n) is 6.59. The van der Waals surface area contributed by atoms with Crippen molar-refractivity contribution in [1.29, 1.82) is 0 Å². The number of nitrogens with zero attached hydrogens (tertiary/aromatic N) is 1. The summed E-state index contributed by atoms with van der Waals surface area (Å²) in [5.74, 6) is -0.235. The van der Waals surface area contributed by atoms with Crippen LogP contribution in [0.25, 0.3) is 0 Å². The van der Waals surface area contributed by atoms with Gasteiger partial charge in [-0.15, -0.1) is 0 Å². The van der Waals surface area contributed by atoms with Gasteiger partial charge >= 0.3 is 0 Å². The lowest BCUT2D eigenvalue weighted by atomic mass is 10.2. The Balaban J connectivity index is 2.34. The molecule has 1 aromatic carbocycles. The van der Waals surface area contributed by atoms with Crippen molar-refractivity contribution in [3.8, 4) is 0 Å². The van der Waals surface area contributed by atoms with Crippen LogP contribution in [0.15, 0.2) is 29.2 Å². The van der Waals surface area contributed by atoms with Crippen molar-refractivity contribution in [1.82, 2.24) is 9.62 Å². The average molecular weight is 297 g/mol. The third-order valence-electron chi connectivity index (χ3n) is 3.43. The van der Waals surface area contributed by atoms with Gasteiger partial charge in [0.2, 0.25) is 15.9 Å². The largest absolute Gasteiger partial charge is 0.353 e. The molecule has 110 valence electrons. The Bertz CT molecular complexity index is 583. The van der Waals surface area contributed by atoms with Crippen molar-refractivity contribution in [2.24, 2.45) is 5.73 Å². The molecule has 1 fully saturated rings. The van der Waals surface area contributed by atoms with E-state index in [1.165, 1.54) is 16.4 Å². The summed E-state index contributed by atoms with van der Waals surface area (Å²) in [4.78, 5) is 12.0. The Kier molecular flexibility index (Phi) is 4.42. The fourth-order valence-corrected chi connectivity index (χ4v) is 3.97. The van der Waals surface area contributed by atoms with Gasteiger partial charge in [0.15, 0.2) is 0 Å². The van der Waals surface area contributed by atoms with Gasteiger partial charge in [0.1, 0.15) is 6.04 Å². The lowest BCUT2D eigenvalue weighted by Gasteiger charge is -2.33. The van der Waals surface area contributed by atoms with Crippen LogP contribution in [-0.4, -0.2) is 37.8 Å². The maximum absolute atomic E-state index is 12.6. The highest BCUT2D eigenvalue weighted by Crippen LogP contribution is 2.21. The highest BCUT2D eigenvalue weighted by molar-refractivity contribution is 7.89. The third-order valence-corrected chi connectivity index (χ3v) is 5.36. The summed E-state index contributed by atoms with van der Waals surface area (Å²) < 4.78 is 26.5. The summed E-state index contributed by atoms with van der Waals surface area (Å²) in [7, 11) is -3.65. The molecule has 1 aromatic rings. The van der Waals surface area contributed by atoms with E-state index in [2.05, 4.69) is 5.32 Å². The number of amides is 1. The normalized spacial score (nSPS) is 20.7. The van der Waals surface area contributed by atoms with E-state index in [1.807, 2.05) is 0 Å². The first-order valence-corrected chi connectivity index (χ1v) is 8.03. The molecule has 1 amide bonds. The zero-order valence-corrected chi connectivity index (χ0v) is 12.2. The van der Waals surface area contributed by atoms with Gasteiger partial charge < -0.3 is 11.1 Å². The van der Waals surface area contributed by atoms with Gasteiger partial charge in [-0.25, -0.2) is 8.42 Å². The van der Waals surface area contributed by atoms with Gasteiger partial charge in [-0.1, -0.05) is 19.1 Å². The number of benzene rings is 1. The zero-order valence-electron chi connectivity index (χ0n) is 11.4. The standard InChI is InChI=1S/C13H19N3O3S/c1-2-12-13(17)15-7-8-16(12)20(18,19)11-5-3-10(9-14)4-6-11/h3-6,12H,2,7-9,14H2,1H3,(H,15,17). The van der Waals surface area contributed by atoms with Gasteiger partial charge in [-0.3, -0.25) is 4.79 Å². The second-order valence-electron chi connectivity index (χ2n) is 4.68. The third kappa shape index (κ3) is 2.70. The molecule has 6 nitrogen and oxygen atoms in total. The molecule has 0 aliphatic carbocycles. The maximum atomic E-state index is 12.6. The number of nitrogens with one attached hydrogen (secondary N) is 1. The topological polar surface area (TPSA) is 92.5 Å². The second kappa shape index (κ2) is 5.90. The van der Waals surface area contributed by atoms with E-state index in [0.717, 1.165) is 5.56 Å². The molecule has 0 spiro atoms. The van der Waals surface area contributed by atoms with E-state index in [4.69, 9.17) is 5.73 Å². The number of sulfonamides is 1. The Morgan fingerprint density at radius 3 is 2.55 bits per heavy atom. The molecule has 7 heteroatoms. The summed E-state index contributed by atoms with van der Waals surface area (Å²) in [5.41, 5.74) is 6.37. The van der Waals surface area contributed by atoms with Crippen molar-refractivity contribution >= 4 is 15.9 Å². The Hall–Kier alpha value is -1.44. The first-order chi connectivity index (χ1) is 9.50. The van der Waals surface area contributed by atoms with Crippen molar-refractivity contribution in [2.75, 3.05) is 13.1 Å². The number of carbonyl (C=O) groups excluding carboxylic acids is 1. The number of carbonyl (C=O) groups is 1. The SMILES string of the molecule is CCC1C(=O)NCCN1S(=O)(=O)c1ccc(CN)cc1. The minimum atomic E-state index is -3.65. The molecule has 1 aliphatic rings. The minimum Gasteiger partial charge on any atom is -0.353 e. The van der Waals surface area contributed by atoms with Gasteiger partial charge in [-0.05, 0) is 24.1 Å². The van der Waals surface area contributed by atoms with E-state index in [1.54, 1.807) is 19.1 Å². The summed E-state index contributed by atoms with van der Waals surface area (Å²) in [5, 5.41) is 2.69. The maximum Gasteiger partial charge on any atom is 0.243 e. The fraction of sp³-hybridized carbons (Fsp3) is 0.462. The monoisotopic (exact) mass is 297 g/mol. The van der Waals surface area contributed by atoms with Gasteiger partial charge in [-0.2, -0.15) is 4.31 Å². The Labute approximate surface area is 119 Å². The minimum absolute atomic E-state index is 0.197. The quantitative estimate of drug-likeness (QED) is 0.821. The predicted octanol–water partition coefficient (Wildman–Crippen LogP) is 0.0444. The van der Waals surface area contributed by atoms with Crippen LogP contribution in [0.5, 0.6) is 0 Å². The number of rotatable bonds is 4. The molecule has 0 saturated carbocycles. The molecule has 1 unspecified atom stereocenters. The summed E-state index contributed by atoms with van der Waals surface area (Å²) in [6.45, 7) is 2.81. The van der Waals surface area contributed by atoms with E-state index in [9.17, 15) is 13.2 Å². The molecule has 2 rings (SSSR count). The van der Waals surface area contributed by atoms with Gasteiger partial charge in [0.25, 0.3) is 0 Å². The van der Waals surface area contributed by atoms with E-state index < -0.39 is 16.1 Å². The number of nitrogens with two attached hydrogens (primary N) is 1. The molecule has 20 heavy (non-hydrogen) atoms. The van der Waals surface area contributed by atoms with Crippen LogP contribution in [0.1, 0.15) is 18.9 Å². The lowest BCUT2D eigenvalue weighted by molar-refractivity contribution is -0.126. The van der Waals surface area contributed by atoms with Crippen molar-refractivity contribution in [3.63, 3.8) is 0 Å². The van der Waals surface area contributed by atoms with Crippen LogP contribution in [0.3, 0.4) is 0 Å². The van der Waals surface area contributed by atoms with Crippen molar-refractivity contribution < 1.29 is 13.2 Å². The molecule has 0 bridgehead atoms. The highest BCUT2D eigenvalue weighted by Gasteiger charge is 2.37. The van der Waals surface area contributed by atoms with E-state index in [0.29, 0.717) is 26.1 Å². The molecule has 1 saturated heterocycles. The molecule has 1 heterocycles. The Morgan fingerprint density at radius 2 is 2.00 bits per heavy atom. The number of hydrogen-bond donors (Lipinski definition) is 2. The molecular formula is C13H19N3O3S. The van der Waals surface area contributed by atoms with Crippen LogP contribution >= 0.6 is 0 Å². The van der Waals surface area contributed by atoms with E-state index in [-0.39, 0.29) is 10.8 Å². The zero-order chi connectivity index (χ0) is 14.8. The van der Waals surface area contributed by atoms with Crippen LogP contribution in [0.2, 0.25) is 0 Å². The van der Waals surface area contributed by atoms with Crippen LogP contribution in [0, 0.1) is 0 Å². The van der Waals surface area contributed by atoms with Crippen molar-refractivity contribution in [3.05, 3.63) is 29.8 Å². The van der Waals surface area contributed by atoms with Gasteiger partial charge in [0, 0.05) is 19.6 Å². The molecule has 1 aliphatic heterocycles. The first kappa shape index (κ1) is 15.0. The Morgan fingerprint density at radius 1 is 1.35 bits per heavy atom. The average Bonchev–Trinajstić information content (AvgIpc) is 2.47. The molecule has 1 atom stereocenters. The summed E-state index contributed by atoms with van der Waals surface area (Å²) in [6.07, 6.45) is 0.450.